The van der Waals surface area contributed by atoms with Gasteiger partial charge in [-0.15, -0.1) is 0 Å². The Morgan fingerprint density at radius 3 is 3.08 bits per heavy atom. The van der Waals surface area contributed by atoms with E-state index in [9.17, 15) is 15.2 Å². The van der Waals surface area contributed by atoms with Crippen molar-refractivity contribution in [1.29, 1.82) is 0 Å². The number of benzene rings is 1. The molecule has 0 aromatic heterocycles. The van der Waals surface area contributed by atoms with Gasteiger partial charge in [0.25, 0.3) is 6.20 Å². The van der Waals surface area contributed by atoms with E-state index in [0.29, 0.717) is 19.0 Å². The smallest absolute Gasteiger partial charge is 0.274 e. The molecule has 0 radical (unpaired) electrons. The summed E-state index contributed by atoms with van der Waals surface area (Å²) in [4.78, 5) is 12.2. The second-order valence-corrected chi connectivity index (χ2v) is 6.03. The van der Waals surface area contributed by atoms with Crippen LogP contribution in [0.3, 0.4) is 0 Å². The Morgan fingerprint density at radius 1 is 1.56 bits per heavy atom. The molecule has 0 bridgehead atoms. The Bertz CT molecular complexity index is 594. The third-order valence-corrected chi connectivity index (χ3v) is 3.96. The SMILES string of the molecule is CN/C(=C/[N+](=O)[O-])NCCCOc1cccc(CN2CCC(O)C2)c1. The maximum Gasteiger partial charge on any atom is 0.274 e. The monoisotopic (exact) mass is 350 g/mol. The Kier molecular flexibility index (Phi) is 7.49. The average Bonchev–Trinajstić information content (AvgIpc) is 2.98. The van der Waals surface area contributed by atoms with E-state index in [1.165, 1.54) is 0 Å². The van der Waals surface area contributed by atoms with Crippen molar-refractivity contribution < 1.29 is 14.8 Å². The number of nitrogens with zero attached hydrogens (tertiary/aromatic N) is 2. The maximum atomic E-state index is 10.4. The van der Waals surface area contributed by atoms with Gasteiger partial charge in [-0.1, -0.05) is 12.1 Å². The Morgan fingerprint density at radius 2 is 2.40 bits per heavy atom. The molecular formula is C17H26N4O4. The van der Waals surface area contributed by atoms with Crippen molar-refractivity contribution in [3.05, 3.63) is 52.0 Å². The van der Waals surface area contributed by atoms with Gasteiger partial charge in [0.2, 0.25) is 0 Å². The zero-order chi connectivity index (χ0) is 18.1. The van der Waals surface area contributed by atoms with Crippen molar-refractivity contribution in [2.24, 2.45) is 0 Å². The van der Waals surface area contributed by atoms with Crippen LogP contribution in [0.5, 0.6) is 5.75 Å². The topological polar surface area (TPSA) is 99.9 Å². The van der Waals surface area contributed by atoms with Gasteiger partial charge >= 0.3 is 0 Å². The first-order valence-corrected chi connectivity index (χ1v) is 8.46. The molecule has 8 nitrogen and oxygen atoms in total. The van der Waals surface area contributed by atoms with Gasteiger partial charge in [-0.25, -0.2) is 0 Å². The van der Waals surface area contributed by atoms with Gasteiger partial charge in [-0.3, -0.25) is 15.0 Å². The highest BCUT2D eigenvalue weighted by Crippen LogP contribution is 2.18. The molecule has 1 aromatic rings. The molecule has 1 unspecified atom stereocenters. The molecule has 3 N–H and O–H groups in total. The van der Waals surface area contributed by atoms with Crippen LogP contribution in [0.15, 0.2) is 36.3 Å². The van der Waals surface area contributed by atoms with Gasteiger partial charge in [0.15, 0.2) is 5.82 Å². The van der Waals surface area contributed by atoms with Crippen LogP contribution in [0, 0.1) is 10.1 Å². The lowest BCUT2D eigenvalue weighted by molar-refractivity contribution is -0.404. The van der Waals surface area contributed by atoms with Gasteiger partial charge < -0.3 is 20.5 Å². The minimum Gasteiger partial charge on any atom is -0.494 e. The van der Waals surface area contributed by atoms with Gasteiger partial charge in [0.05, 0.1) is 17.6 Å². The molecule has 1 aliphatic rings. The van der Waals surface area contributed by atoms with Crippen molar-refractivity contribution in [1.82, 2.24) is 15.5 Å². The van der Waals surface area contributed by atoms with E-state index in [1.54, 1.807) is 7.05 Å². The third kappa shape index (κ3) is 6.98. The summed E-state index contributed by atoms with van der Waals surface area (Å²) >= 11 is 0. The average molecular weight is 350 g/mol. The van der Waals surface area contributed by atoms with Gasteiger partial charge in [0, 0.05) is 33.2 Å². The van der Waals surface area contributed by atoms with Crippen molar-refractivity contribution in [3.63, 3.8) is 0 Å². The standard InChI is InChI=1S/C17H26N4O4/c1-18-17(13-21(23)24)19-7-3-9-25-16-5-2-4-14(10-16)11-20-8-6-15(22)12-20/h2,4-5,10,13,15,18-19,22H,3,6-9,11-12H2,1H3/b17-13-. The number of β-amino-alcohol motifs (C(OH)–C–C–N with tert-alkyl or cyclic N) is 1. The molecule has 1 fully saturated rings. The molecule has 0 saturated carbocycles. The van der Waals surface area contributed by atoms with Crippen LogP contribution < -0.4 is 15.4 Å². The summed E-state index contributed by atoms with van der Waals surface area (Å²) < 4.78 is 5.75. The lowest BCUT2D eigenvalue weighted by Gasteiger charge is -2.15. The molecule has 1 atom stereocenters. The number of nitro groups is 1. The second kappa shape index (κ2) is 9.85. The zero-order valence-electron chi connectivity index (χ0n) is 14.5. The lowest BCUT2D eigenvalue weighted by atomic mass is 10.2. The van der Waals surface area contributed by atoms with E-state index in [-0.39, 0.29) is 6.10 Å². The van der Waals surface area contributed by atoms with Gasteiger partial charge in [-0.05, 0) is 30.5 Å². The van der Waals surface area contributed by atoms with Crippen LogP contribution in [0.25, 0.3) is 0 Å². The van der Waals surface area contributed by atoms with E-state index < -0.39 is 4.92 Å². The number of aliphatic hydroxyl groups is 1. The largest absolute Gasteiger partial charge is 0.494 e. The summed E-state index contributed by atoms with van der Waals surface area (Å²) in [5.41, 5.74) is 1.16. The van der Waals surface area contributed by atoms with Crippen LogP contribution in [-0.2, 0) is 6.54 Å². The molecular weight excluding hydrogens is 324 g/mol. The maximum absolute atomic E-state index is 10.4. The van der Waals surface area contributed by atoms with E-state index in [1.807, 2.05) is 18.2 Å². The van der Waals surface area contributed by atoms with E-state index in [4.69, 9.17) is 4.74 Å². The van der Waals surface area contributed by atoms with Crippen molar-refractivity contribution in [2.75, 3.05) is 33.3 Å². The number of hydrogen-bond acceptors (Lipinski definition) is 7. The molecule has 2 rings (SSSR count). The summed E-state index contributed by atoms with van der Waals surface area (Å²) in [5.74, 6) is 1.19. The first kappa shape index (κ1) is 19.0. The molecule has 0 amide bonds. The highest BCUT2D eigenvalue weighted by molar-refractivity contribution is 5.28. The normalized spacial score (nSPS) is 18.2. The van der Waals surface area contributed by atoms with Crippen LogP contribution in [0.2, 0.25) is 0 Å². The molecule has 1 aliphatic heterocycles. The molecule has 8 heteroatoms. The van der Waals surface area contributed by atoms with Gasteiger partial charge in [-0.2, -0.15) is 0 Å². The minimum absolute atomic E-state index is 0.209. The molecule has 1 heterocycles. The summed E-state index contributed by atoms with van der Waals surface area (Å²) in [5, 5.41) is 25.7. The predicted molar refractivity (Wildman–Crippen MR) is 94.6 cm³/mol. The predicted octanol–water partition coefficient (Wildman–Crippen LogP) is 0.907. The second-order valence-electron chi connectivity index (χ2n) is 6.03. The highest BCUT2D eigenvalue weighted by atomic mass is 16.6. The molecule has 0 aliphatic carbocycles. The quantitative estimate of drug-likeness (QED) is 0.328. The van der Waals surface area contributed by atoms with Crippen LogP contribution >= 0.6 is 0 Å². The van der Waals surface area contributed by atoms with E-state index >= 15 is 0 Å². The van der Waals surface area contributed by atoms with Crippen molar-refractivity contribution in [3.8, 4) is 5.75 Å². The molecule has 1 saturated heterocycles. The summed E-state index contributed by atoms with van der Waals surface area (Å²) in [6.07, 6.45) is 2.25. The first-order chi connectivity index (χ1) is 12.1. The fraction of sp³-hybridized carbons (Fsp3) is 0.529. The summed E-state index contributed by atoms with van der Waals surface area (Å²) in [7, 11) is 1.63. The van der Waals surface area contributed by atoms with Crippen LogP contribution in [-0.4, -0.2) is 54.3 Å². The number of rotatable bonds is 10. The highest BCUT2D eigenvalue weighted by Gasteiger charge is 2.19. The molecule has 0 spiro atoms. The number of nitrogens with one attached hydrogen (secondary N) is 2. The zero-order valence-corrected chi connectivity index (χ0v) is 14.5. The fourth-order valence-electron chi connectivity index (χ4n) is 2.74. The Labute approximate surface area is 147 Å². The number of aliphatic hydroxyl groups excluding tert-OH is 1. The summed E-state index contributed by atoms with van der Waals surface area (Å²) in [6.45, 7) is 3.55. The first-order valence-electron chi connectivity index (χ1n) is 8.46. The van der Waals surface area contributed by atoms with Crippen LogP contribution in [0.1, 0.15) is 18.4 Å². The van der Waals surface area contributed by atoms with Crippen molar-refractivity contribution >= 4 is 0 Å². The van der Waals surface area contributed by atoms with E-state index in [0.717, 1.165) is 50.0 Å². The third-order valence-electron chi connectivity index (χ3n) is 3.96. The van der Waals surface area contributed by atoms with Crippen molar-refractivity contribution in [2.45, 2.75) is 25.5 Å². The Hall–Kier alpha value is -2.32. The number of hydrogen-bond donors (Lipinski definition) is 3. The van der Waals surface area contributed by atoms with Gasteiger partial charge in [0.1, 0.15) is 5.75 Å². The lowest BCUT2D eigenvalue weighted by Crippen LogP contribution is -2.26. The molecule has 138 valence electrons. The summed E-state index contributed by atoms with van der Waals surface area (Å²) in [6, 6.07) is 7.96. The number of ether oxygens (including phenoxy) is 1. The fourth-order valence-corrected chi connectivity index (χ4v) is 2.74. The Balaban J connectivity index is 1.70. The van der Waals surface area contributed by atoms with Crippen LogP contribution in [0.4, 0.5) is 0 Å². The molecule has 25 heavy (non-hydrogen) atoms. The minimum atomic E-state index is -0.500. The van der Waals surface area contributed by atoms with E-state index in [2.05, 4.69) is 21.6 Å². The number of likely N-dealkylation sites (tertiary alicyclic amines) is 1. The molecule has 1 aromatic carbocycles.